The van der Waals surface area contributed by atoms with E-state index in [2.05, 4.69) is 5.32 Å². The van der Waals surface area contributed by atoms with Crippen LogP contribution in [0.2, 0.25) is 10.0 Å². The van der Waals surface area contributed by atoms with Crippen molar-refractivity contribution in [3.05, 3.63) is 87.9 Å². The number of phenolic OH excluding ortho intramolecular Hbond substituents is 1. The van der Waals surface area contributed by atoms with Crippen molar-refractivity contribution in [2.24, 2.45) is 0 Å². The summed E-state index contributed by atoms with van der Waals surface area (Å²) in [6.07, 6.45) is 0. The summed E-state index contributed by atoms with van der Waals surface area (Å²) in [7, 11) is 0. The van der Waals surface area contributed by atoms with Crippen LogP contribution in [0, 0.1) is 0 Å². The number of benzene rings is 3. The highest BCUT2D eigenvalue weighted by Crippen LogP contribution is 2.30. The Morgan fingerprint density at radius 1 is 0.880 bits per heavy atom. The molecule has 0 aromatic heterocycles. The van der Waals surface area contributed by atoms with Gasteiger partial charge in [-0.3, -0.25) is 0 Å². The first-order chi connectivity index (χ1) is 12.1. The van der Waals surface area contributed by atoms with E-state index < -0.39 is 0 Å². The zero-order chi connectivity index (χ0) is 17.6. The van der Waals surface area contributed by atoms with Gasteiger partial charge in [0.1, 0.15) is 18.1 Å². The molecule has 25 heavy (non-hydrogen) atoms. The summed E-state index contributed by atoms with van der Waals surface area (Å²) in [5.74, 6) is 0.894. The third-order valence-corrected chi connectivity index (χ3v) is 4.24. The van der Waals surface area contributed by atoms with E-state index in [1.165, 1.54) is 0 Å². The number of hydrogen-bond acceptors (Lipinski definition) is 3. The van der Waals surface area contributed by atoms with Crippen LogP contribution in [-0.4, -0.2) is 5.11 Å². The minimum absolute atomic E-state index is 0.236. The molecule has 3 rings (SSSR count). The van der Waals surface area contributed by atoms with E-state index in [0.29, 0.717) is 28.9 Å². The van der Waals surface area contributed by atoms with E-state index in [1.54, 1.807) is 12.1 Å². The quantitative estimate of drug-likeness (QED) is 0.529. The third kappa shape index (κ3) is 4.81. The van der Waals surface area contributed by atoms with Gasteiger partial charge in [-0.1, -0.05) is 47.5 Å². The molecular weight excluding hydrogens is 357 g/mol. The molecule has 2 N–H and O–H groups in total. The van der Waals surface area contributed by atoms with Crippen molar-refractivity contribution in [2.45, 2.75) is 13.2 Å². The molecule has 0 saturated carbocycles. The summed E-state index contributed by atoms with van der Waals surface area (Å²) in [6, 6.07) is 20.1. The van der Waals surface area contributed by atoms with E-state index >= 15 is 0 Å². The third-order valence-electron chi connectivity index (χ3n) is 3.70. The minimum Gasteiger partial charge on any atom is -0.508 e. The molecular formula is C20H17Cl2NO2. The Hall–Kier alpha value is -2.36. The Labute approximate surface area is 156 Å². The largest absolute Gasteiger partial charge is 0.508 e. The average Bonchev–Trinajstić information content (AvgIpc) is 2.62. The monoisotopic (exact) mass is 373 g/mol. The highest BCUT2D eigenvalue weighted by Gasteiger charge is 2.09. The second-order valence-electron chi connectivity index (χ2n) is 5.54. The van der Waals surface area contributed by atoms with Gasteiger partial charge >= 0.3 is 0 Å². The molecule has 0 heterocycles. The molecule has 3 aromatic rings. The first-order valence-electron chi connectivity index (χ1n) is 7.79. The zero-order valence-corrected chi connectivity index (χ0v) is 14.9. The van der Waals surface area contributed by atoms with Gasteiger partial charge in [0.2, 0.25) is 0 Å². The van der Waals surface area contributed by atoms with Gasteiger partial charge in [-0.05, 0) is 48.0 Å². The molecule has 3 nitrogen and oxygen atoms in total. The van der Waals surface area contributed by atoms with Crippen LogP contribution in [0.15, 0.2) is 66.7 Å². The number of anilines is 1. The van der Waals surface area contributed by atoms with Crippen LogP contribution in [0.5, 0.6) is 11.5 Å². The van der Waals surface area contributed by atoms with Crippen LogP contribution in [0.1, 0.15) is 11.1 Å². The average molecular weight is 374 g/mol. The fourth-order valence-electron chi connectivity index (χ4n) is 2.37. The Morgan fingerprint density at radius 2 is 1.60 bits per heavy atom. The zero-order valence-electron chi connectivity index (χ0n) is 13.4. The normalized spacial score (nSPS) is 10.5. The molecule has 0 atom stereocenters. The second-order valence-corrected chi connectivity index (χ2v) is 6.39. The molecule has 3 aromatic carbocycles. The summed E-state index contributed by atoms with van der Waals surface area (Å²) in [5.41, 5.74) is 2.87. The summed E-state index contributed by atoms with van der Waals surface area (Å²) in [6.45, 7) is 0.967. The second kappa shape index (κ2) is 8.15. The van der Waals surface area contributed by atoms with Gasteiger partial charge in [-0.15, -0.1) is 0 Å². The predicted molar refractivity (Wildman–Crippen MR) is 103 cm³/mol. The van der Waals surface area contributed by atoms with Crippen molar-refractivity contribution in [2.75, 3.05) is 5.32 Å². The number of phenols is 1. The van der Waals surface area contributed by atoms with E-state index in [4.69, 9.17) is 27.9 Å². The highest BCUT2D eigenvalue weighted by molar-refractivity contribution is 6.32. The molecule has 128 valence electrons. The van der Waals surface area contributed by atoms with Crippen LogP contribution in [0.3, 0.4) is 0 Å². The Balaban J connectivity index is 1.70. The highest BCUT2D eigenvalue weighted by atomic mass is 35.5. The van der Waals surface area contributed by atoms with E-state index in [0.717, 1.165) is 16.8 Å². The predicted octanol–water partition coefficient (Wildman–Crippen LogP) is 5.89. The topological polar surface area (TPSA) is 41.5 Å². The lowest BCUT2D eigenvalue weighted by Crippen LogP contribution is -2.04. The number of nitrogens with one attached hydrogen (secondary N) is 1. The maximum Gasteiger partial charge on any atom is 0.143 e. The number of hydrogen-bond donors (Lipinski definition) is 2. The lowest BCUT2D eigenvalue weighted by atomic mass is 10.2. The molecule has 0 aliphatic rings. The van der Waals surface area contributed by atoms with Gasteiger partial charge in [0, 0.05) is 22.8 Å². The molecule has 0 unspecified atom stereocenters. The van der Waals surface area contributed by atoms with E-state index in [-0.39, 0.29) is 5.75 Å². The van der Waals surface area contributed by atoms with Crippen LogP contribution in [0.25, 0.3) is 0 Å². The molecule has 5 heteroatoms. The number of ether oxygens (including phenoxy) is 1. The molecule has 0 fully saturated rings. The number of aromatic hydroxyl groups is 1. The smallest absolute Gasteiger partial charge is 0.143 e. The molecule has 0 bridgehead atoms. The Morgan fingerprint density at radius 3 is 2.32 bits per heavy atom. The maximum atomic E-state index is 9.34. The van der Waals surface area contributed by atoms with Gasteiger partial charge in [0.15, 0.2) is 0 Å². The molecule has 0 radical (unpaired) electrons. The van der Waals surface area contributed by atoms with Gasteiger partial charge in [0.05, 0.1) is 5.02 Å². The van der Waals surface area contributed by atoms with Crippen molar-refractivity contribution in [1.29, 1.82) is 0 Å². The molecule has 0 spiro atoms. The Kier molecular flexibility index (Phi) is 5.69. The van der Waals surface area contributed by atoms with E-state index in [1.807, 2.05) is 54.6 Å². The minimum atomic E-state index is 0.236. The lowest BCUT2D eigenvalue weighted by molar-refractivity contribution is 0.303. The fourth-order valence-corrected chi connectivity index (χ4v) is 2.74. The molecule has 0 aliphatic heterocycles. The van der Waals surface area contributed by atoms with Gasteiger partial charge in [0.25, 0.3) is 0 Å². The van der Waals surface area contributed by atoms with Crippen molar-refractivity contribution >= 4 is 28.9 Å². The number of halogens is 2. The number of para-hydroxylation sites is 1. The first kappa shape index (κ1) is 17.5. The van der Waals surface area contributed by atoms with Crippen LogP contribution in [-0.2, 0) is 13.2 Å². The Bertz CT molecular complexity index is 833. The SMILES string of the molecule is Oc1ccc(NCc2cccc(Cl)c2OCc2ccc(Cl)cc2)cc1. The lowest BCUT2D eigenvalue weighted by Gasteiger charge is -2.14. The first-order valence-corrected chi connectivity index (χ1v) is 8.55. The summed E-state index contributed by atoms with van der Waals surface area (Å²) < 4.78 is 5.95. The molecule has 0 aliphatic carbocycles. The molecule has 0 amide bonds. The van der Waals surface area contributed by atoms with Crippen molar-refractivity contribution in [1.82, 2.24) is 0 Å². The van der Waals surface area contributed by atoms with Crippen LogP contribution in [0.4, 0.5) is 5.69 Å². The van der Waals surface area contributed by atoms with Crippen LogP contribution >= 0.6 is 23.2 Å². The summed E-state index contributed by atoms with van der Waals surface area (Å²) >= 11 is 12.2. The summed E-state index contributed by atoms with van der Waals surface area (Å²) in [4.78, 5) is 0. The van der Waals surface area contributed by atoms with Crippen LogP contribution < -0.4 is 10.1 Å². The van der Waals surface area contributed by atoms with Gasteiger partial charge < -0.3 is 15.2 Å². The number of rotatable bonds is 6. The van der Waals surface area contributed by atoms with Crippen molar-refractivity contribution in [3.8, 4) is 11.5 Å². The standard InChI is InChI=1S/C20H17Cl2NO2/c21-16-6-4-14(5-7-16)13-25-20-15(2-1-3-19(20)22)12-23-17-8-10-18(24)11-9-17/h1-11,23-24H,12-13H2. The molecule has 0 saturated heterocycles. The van der Waals surface area contributed by atoms with Gasteiger partial charge in [-0.25, -0.2) is 0 Å². The van der Waals surface area contributed by atoms with Crippen molar-refractivity contribution in [3.63, 3.8) is 0 Å². The van der Waals surface area contributed by atoms with E-state index in [9.17, 15) is 5.11 Å². The van der Waals surface area contributed by atoms with Crippen molar-refractivity contribution < 1.29 is 9.84 Å². The van der Waals surface area contributed by atoms with Gasteiger partial charge in [-0.2, -0.15) is 0 Å². The summed E-state index contributed by atoms with van der Waals surface area (Å²) in [5, 5.41) is 13.9. The fraction of sp³-hybridized carbons (Fsp3) is 0.100. The maximum absolute atomic E-state index is 9.34.